The number of carbonyl (C=O) groups excluding carboxylic acids is 1. The number of anilines is 1. The van der Waals surface area contributed by atoms with Gasteiger partial charge in [0.25, 0.3) is 11.6 Å². The number of carbonyl (C=O) groups is 1. The smallest absolute Gasteiger partial charge is 0.282 e. The molecule has 7 nitrogen and oxygen atoms in total. The molecule has 2 aromatic carbocycles. The van der Waals surface area contributed by atoms with Crippen molar-refractivity contribution in [3.63, 3.8) is 0 Å². The summed E-state index contributed by atoms with van der Waals surface area (Å²) in [6.45, 7) is 1.84. The molecule has 9 heteroatoms. The quantitative estimate of drug-likeness (QED) is 0.345. The fourth-order valence-corrected chi connectivity index (χ4v) is 3.90. The second-order valence-corrected chi connectivity index (χ2v) is 7.66. The van der Waals surface area contributed by atoms with Crippen LogP contribution >= 0.6 is 22.9 Å². The Hall–Kier alpha value is -3.36. The molecule has 4 rings (SSSR count). The molecular formula is C20H13ClN4O3S. The highest BCUT2D eigenvalue weighted by Gasteiger charge is 2.21. The first-order valence-corrected chi connectivity index (χ1v) is 9.69. The van der Waals surface area contributed by atoms with Gasteiger partial charge in [-0.15, -0.1) is 0 Å². The number of benzene rings is 2. The van der Waals surface area contributed by atoms with Crippen LogP contribution in [0, 0.1) is 17.0 Å². The average molecular weight is 425 g/mol. The molecule has 0 fully saturated rings. The van der Waals surface area contributed by atoms with Crippen molar-refractivity contribution in [3.05, 3.63) is 81.0 Å². The summed E-state index contributed by atoms with van der Waals surface area (Å²) in [6.07, 6.45) is 1.71. The molecule has 0 atom stereocenters. The number of nitro benzene ring substituents is 1. The van der Waals surface area contributed by atoms with Gasteiger partial charge in [0.05, 0.1) is 4.92 Å². The maximum absolute atomic E-state index is 12.7. The molecule has 2 aromatic heterocycles. The Kier molecular flexibility index (Phi) is 4.96. The highest BCUT2D eigenvalue weighted by Crippen LogP contribution is 2.32. The Bertz CT molecular complexity index is 1240. The first-order chi connectivity index (χ1) is 13.9. The average Bonchev–Trinajstić information content (AvgIpc) is 3.13. The van der Waals surface area contributed by atoms with Crippen molar-refractivity contribution in [2.75, 3.05) is 5.32 Å². The lowest BCUT2D eigenvalue weighted by atomic mass is 10.1. The number of thiazole rings is 1. The van der Waals surface area contributed by atoms with Gasteiger partial charge in [-0.2, -0.15) is 0 Å². The lowest BCUT2D eigenvalue weighted by Gasteiger charge is -2.10. The number of rotatable bonds is 4. The number of fused-ring (bicyclic) bond motifs is 1. The third-order valence-corrected chi connectivity index (χ3v) is 5.56. The van der Waals surface area contributed by atoms with Crippen LogP contribution in [-0.4, -0.2) is 20.8 Å². The van der Waals surface area contributed by atoms with Gasteiger partial charge < -0.3 is 5.32 Å². The van der Waals surface area contributed by atoms with Gasteiger partial charge in [-0.05, 0) is 42.8 Å². The van der Waals surface area contributed by atoms with E-state index in [0.29, 0.717) is 5.69 Å². The summed E-state index contributed by atoms with van der Waals surface area (Å²) in [7, 11) is 0. The van der Waals surface area contributed by atoms with E-state index in [9.17, 15) is 14.9 Å². The number of hydrogen-bond acceptors (Lipinski definition) is 6. The van der Waals surface area contributed by atoms with Gasteiger partial charge in [-0.1, -0.05) is 35.1 Å². The maximum Gasteiger partial charge on any atom is 0.282 e. The molecule has 0 aliphatic rings. The third-order valence-electron chi connectivity index (χ3n) is 4.30. The van der Waals surface area contributed by atoms with E-state index in [1.807, 2.05) is 31.2 Å². The van der Waals surface area contributed by atoms with Gasteiger partial charge >= 0.3 is 0 Å². The van der Waals surface area contributed by atoms with Gasteiger partial charge in [-0.3, -0.25) is 14.9 Å². The number of aromatic nitrogens is 2. The highest BCUT2D eigenvalue weighted by atomic mass is 35.5. The van der Waals surface area contributed by atoms with E-state index in [-0.39, 0.29) is 16.3 Å². The Balaban J connectivity index is 1.69. The molecule has 0 saturated heterocycles. The number of nitro groups is 1. The van der Waals surface area contributed by atoms with Crippen molar-refractivity contribution in [3.8, 4) is 10.6 Å². The first-order valence-electron chi connectivity index (χ1n) is 8.50. The van der Waals surface area contributed by atoms with Crippen LogP contribution in [0.5, 0.6) is 0 Å². The van der Waals surface area contributed by atoms with E-state index < -0.39 is 10.8 Å². The zero-order valence-corrected chi connectivity index (χ0v) is 16.6. The molecular weight excluding hydrogens is 412 g/mol. The van der Waals surface area contributed by atoms with Crippen molar-refractivity contribution in [2.24, 2.45) is 0 Å². The second-order valence-electron chi connectivity index (χ2n) is 6.25. The number of pyridine rings is 1. The largest absolute Gasteiger partial charge is 0.322 e. The van der Waals surface area contributed by atoms with Crippen LogP contribution in [-0.2, 0) is 0 Å². The Morgan fingerprint density at radius 2 is 2.03 bits per heavy atom. The van der Waals surface area contributed by atoms with Gasteiger partial charge in [0, 0.05) is 28.5 Å². The summed E-state index contributed by atoms with van der Waals surface area (Å²) < 4.78 is 0. The molecule has 0 saturated carbocycles. The first kappa shape index (κ1) is 19.0. The molecule has 0 radical (unpaired) electrons. The SMILES string of the molecule is Cc1ccc(-c2nc3cccnc3s2)cc1NC(=O)c1cc(Cl)ccc1[N+](=O)[O-]. The summed E-state index contributed by atoms with van der Waals surface area (Å²) >= 11 is 7.38. The monoisotopic (exact) mass is 424 g/mol. The van der Waals surface area contributed by atoms with Gasteiger partial charge in [0.15, 0.2) is 0 Å². The van der Waals surface area contributed by atoms with E-state index in [2.05, 4.69) is 15.3 Å². The normalized spacial score (nSPS) is 10.8. The summed E-state index contributed by atoms with van der Waals surface area (Å²) in [4.78, 5) is 33.1. The van der Waals surface area contributed by atoms with Crippen LogP contribution in [0.3, 0.4) is 0 Å². The van der Waals surface area contributed by atoms with Crippen LogP contribution in [0.25, 0.3) is 20.9 Å². The third kappa shape index (κ3) is 3.80. The Morgan fingerprint density at radius 3 is 2.79 bits per heavy atom. The molecule has 0 aliphatic heterocycles. The van der Waals surface area contributed by atoms with Crippen LogP contribution in [0.4, 0.5) is 11.4 Å². The molecule has 1 amide bonds. The van der Waals surface area contributed by atoms with E-state index in [4.69, 9.17) is 11.6 Å². The van der Waals surface area contributed by atoms with Gasteiger partial charge in [0.2, 0.25) is 0 Å². The predicted octanol–water partition coefficient (Wildman–Crippen LogP) is 5.48. The zero-order chi connectivity index (χ0) is 20.5. The fourth-order valence-electron chi connectivity index (χ4n) is 2.82. The number of nitrogens with one attached hydrogen (secondary N) is 1. The molecule has 0 unspecified atom stereocenters. The Labute approximate surface area is 174 Å². The summed E-state index contributed by atoms with van der Waals surface area (Å²) in [5.74, 6) is -0.606. The van der Waals surface area contributed by atoms with Crippen molar-refractivity contribution in [1.82, 2.24) is 9.97 Å². The molecule has 0 aliphatic carbocycles. The molecule has 0 spiro atoms. The van der Waals surface area contributed by atoms with Crippen molar-refractivity contribution in [2.45, 2.75) is 6.92 Å². The number of hydrogen-bond donors (Lipinski definition) is 1. The zero-order valence-electron chi connectivity index (χ0n) is 15.0. The van der Waals surface area contributed by atoms with Crippen LogP contribution in [0.1, 0.15) is 15.9 Å². The lowest BCUT2D eigenvalue weighted by molar-refractivity contribution is -0.385. The summed E-state index contributed by atoms with van der Waals surface area (Å²) in [5, 5.41) is 15.0. The van der Waals surface area contributed by atoms with Crippen LogP contribution < -0.4 is 5.32 Å². The van der Waals surface area contributed by atoms with Crippen molar-refractivity contribution < 1.29 is 9.72 Å². The predicted molar refractivity (Wildman–Crippen MR) is 114 cm³/mol. The highest BCUT2D eigenvalue weighted by molar-refractivity contribution is 7.21. The van der Waals surface area contributed by atoms with Gasteiger partial charge in [-0.25, -0.2) is 9.97 Å². The molecule has 2 heterocycles. The second kappa shape index (κ2) is 7.57. The minimum atomic E-state index is -0.608. The number of halogens is 1. The minimum absolute atomic E-state index is 0.100. The van der Waals surface area contributed by atoms with E-state index in [1.54, 1.807) is 12.3 Å². The number of aryl methyl sites for hydroxylation is 1. The standard InChI is InChI=1S/C20H13ClN4O3S/c1-11-4-5-12(19-24-15-3-2-8-22-20(15)29-19)9-16(11)23-18(26)14-10-13(21)6-7-17(14)25(27)28/h2-10H,1H3,(H,23,26). The van der Waals surface area contributed by atoms with Crippen LogP contribution in [0.2, 0.25) is 5.02 Å². The Morgan fingerprint density at radius 1 is 1.21 bits per heavy atom. The topological polar surface area (TPSA) is 98.0 Å². The van der Waals surface area contributed by atoms with Gasteiger partial charge in [0.1, 0.15) is 20.9 Å². The fraction of sp³-hybridized carbons (Fsp3) is 0.0500. The maximum atomic E-state index is 12.7. The van der Waals surface area contributed by atoms with Crippen molar-refractivity contribution >= 4 is 50.6 Å². The van der Waals surface area contributed by atoms with Crippen molar-refractivity contribution in [1.29, 1.82) is 0 Å². The molecule has 4 aromatic rings. The number of amides is 1. The molecule has 144 valence electrons. The molecule has 29 heavy (non-hydrogen) atoms. The molecule has 1 N–H and O–H groups in total. The van der Waals surface area contributed by atoms with E-state index in [1.165, 1.54) is 29.5 Å². The lowest BCUT2D eigenvalue weighted by Crippen LogP contribution is -2.14. The van der Waals surface area contributed by atoms with E-state index in [0.717, 1.165) is 26.5 Å². The van der Waals surface area contributed by atoms with Crippen LogP contribution in [0.15, 0.2) is 54.7 Å². The summed E-state index contributed by atoms with van der Waals surface area (Å²) in [5.41, 5.74) is 2.55. The van der Waals surface area contributed by atoms with E-state index >= 15 is 0 Å². The number of nitrogens with zero attached hydrogens (tertiary/aromatic N) is 3. The molecule has 0 bridgehead atoms. The minimum Gasteiger partial charge on any atom is -0.322 e. The summed E-state index contributed by atoms with van der Waals surface area (Å²) in [6, 6.07) is 13.1.